The number of likely N-dealkylation sites (N-methyl/N-ethyl adjacent to an activating group) is 1. The van der Waals surface area contributed by atoms with E-state index in [-0.39, 0.29) is 30.5 Å². The SMILES string of the molecule is COC(=O)CCCCCN(C)[C@@H](CC1CCCCC1)C(=O)NC(=O)CNC(=O)[C@@H](CCSC)NC(=O)[C@@H](N)Cc1c(C)cc(O)cc1C.Cl. The Morgan fingerprint density at radius 2 is 1.67 bits per heavy atom. The van der Waals surface area contributed by atoms with E-state index in [0.29, 0.717) is 43.9 Å². The van der Waals surface area contributed by atoms with Crippen molar-refractivity contribution < 1.29 is 33.8 Å². The highest BCUT2D eigenvalue weighted by molar-refractivity contribution is 7.98. The van der Waals surface area contributed by atoms with Gasteiger partial charge in [-0.2, -0.15) is 11.8 Å². The Labute approximate surface area is 302 Å². The maximum atomic E-state index is 13.4. The number of carbonyl (C=O) groups is 5. The topological polar surface area (TPSA) is 180 Å². The average molecular weight is 728 g/mol. The fourth-order valence-corrected chi connectivity index (χ4v) is 6.71. The van der Waals surface area contributed by atoms with Gasteiger partial charge in [0.05, 0.1) is 25.7 Å². The van der Waals surface area contributed by atoms with Gasteiger partial charge in [0.1, 0.15) is 11.8 Å². The summed E-state index contributed by atoms with van der Waals surface area (Å²) in [6.07, 6.45) is 11.4. The maximum Gasteiger partial charge on any atom is 0.305 e. The van der Waals surface area contributed by atoms with E-state index >= 15 is 0 Å². The summed E-state index contributed by atoms with van der Waals surface area (Å²) in [6.45, 7) is 3.90. The summed E-state index contributed by atoms with van der Waals surface area (Å²) in [5.41, 5.74) is 8.71. The number of phenols is 1. The van der Waals surface area contributed by atoms with Crippen molar-refractivity contribution in [1.29, 1.82) is 0 Å². The number of methoxy groups -OCH3 is 1. The van der Waals surface area contributed by atoms with Crippen molar-refractivity contribution in [3.63, 3.8) is 0 Å². The largest absolute Gasteiger partial charge is 0.508 e. The molecule has 1 aromatic carbocycles. The number of halogens is 1. The zero-order valence-electron chi connectivity index (χ0n) is 29.8. The Balaban J connectivity index is 0.0000120. The zero-order chi connectivity index (χ0) is 35.6. The van der Waals surface area contributed by atoms with Crippen LogP contribution < -0.4 is 21.7 Å². The van der Waals surface area contributed by atoms with E-state index in [4.69, 9.17) is 10.5 Å². The minimum absolute atomic E-state index is 0. The van der Waals surface area contributed by atoms with Gasteiger partial charge in [0.25, 0.3) is 0 Å². The van der Waals surface area contributed by atoms with Crippen LogP contribution >= 0.6 is 24.2 Å². The van der Waals surface area contributed by atoms with Crippen LogP contribution in [0.5, 0.6) is 5.75 Å². The molecule has 1 saturated carbocycles. The third-order valence-corrected chi connectivity index (χ3v) is 9.75. The molecule has 0 bridgehead atoms. The first-order valence-electron chi connectivity index (χ1n) is 17.1. The molecule has 278 valence electrons. The van der Waals surface area contributed by atoms with Gasteiger partial charge in [-0.15, -0.1) is 12.4 Å². The average Bonchev–Trinajstić information content (AvgIpc) is 3.05. The lowest BCUT2D eigenvalue weighted by Crippen LogP contribution is -2.54. The number of hydrogen-bond donors (Lipinski definition) is 5. The van der Waals surface area contributed by atoms with E-state index < -0.39 is 48.3 Å². The van der Waals surface area contributed by atoms with E-state index in [9.17, 15) is 29.1 Å². The van der Waals surface area contributed by atoms with Crippen molar-refractivity contribution in [2.45, 2.75) is 109 Å². The molecular formula is C35H58ClN5O7S. The molecule has 2 rings (SSSR count). The molecule has 1 aliphatic carbocycles. The zero-order valence-corrected chi connectivity index (χ0v) is 31.4. The van der Waals surface area contributed by atoms with Gasteiger partial charge in [-0.1, -0.05) is 38.5 Å². The molecule has 0 heterocycles. The fraction of sp³-hybridized carbons (Fsp3) is 0.686. The normalized spacial score (nSPS) is 15.0. The molecule has 4 amide bonds. The van der Waals surface area contributed by atoms with Crippen LogP contribution in [0, 0.1) is 19.8 Å². The number of nitrogens with two attached hydrogens (primary N) is 1. The van der Waals surface area contributed by atoms with Crippen LogP contribution in [0.3, 0.4) is 0 Å². The molecule has 1 fully saturated rings. The maximum absolute atomic E-state index is 13.4. The molecule has 14 heteroatoms. The number of unbranched alkanes of at least 4 members (excludes halogenated alkanes) is 2. The number of esters is 1. The number of aryl methyl sites for hydroxylation is 2. The minimum atomic E-state index is -0.927. The second kappa shape index (κ2) is 23.5. The second-order valence-corrected chi connectivity index (χ2v) is 14.0. The van der Waals surface area contributed by atoms with Crippen LogP contribution in [0.2, 0.25) is 0 Å². The molecular weight excluding hydrogens is 670 g/mol. The molecule has 6 N–H and O–H groups in total. The summed E-state index contributed by atoms with van der Waals surface area (Å²) in [5.74, 6) is -1.16. The van der Waals surface area contributed by atoms with Crippen LogP contribution in [0.1, 0.15) is 87.3 Å². The highest BCUT2D eigenvalue weighted by Gasteiger charge is 2.29. The number of hydrogen-bond acceptors (Lipinski definition) is 10. The minimum Gasteiger partial charge on any atom is -0.508 e. The van der Waals surface area contributed by atoms with Crippen molar-refractivity contribution in [3.05, 3.63) is 28.8 Å². The van der Waals surface area contributed by atoms with Gasteiger partial charge in [-0.3, -0.25) is 34.2 Å². The summed E-state index contributed by atoms with van der Waals surface area (Å²) in [7, 11) is 3.26. The number of nitrogens with zero attached hydrogens (tertiary/aromatic N) is 1. The quantitative estimate of drug-likeness (QED) is 0.0988. The Morgan fingerprint density at radius 3 is 2.29 bits per heavy atom. The monoisotopic (exact) mass is 727 g/mol. The van der Waals surface area contributed by atoms with Crippen molar-refractivity contribution in [3.8, 4) is 5.75 Å². The highest BCUT2D eigenvalue weighted by Crippen LogP contribution is 2.28. The smallest absolute Gasteiger partial charge is 0.305 e. The lowest BCUT2D eigenvalue weighted by molar-refractivity contribution is -0.140. The number of aromatic hydroxyl groups is 1. The Bertz CT molecular complexity index is 1210. The van der Waals surface area contributed by atoms with Crippen molar-refractivity contribution in [2.24, 2.45) is 11.7 Å². The Kier molecular flexibility index (Phi) is 21.2. The lowest BCUT2D eigenvalue weighted by Gasteiger charge is -2.31. The van der Waals surface area contributed by atoms with Crippen molar-refractivity contribution >= 4 is 53.8 Å². The first-order chi connectivity index (χ1) is 22.9. The summed E-state index contributed by atoms with van der Waals surface area (Å²) >= 11 is 1.52. The molecule has 0 spiro atoms. The number of benzene rings is 1. The van der Waals surface area contributed by atoms with Gasteiger partial charge in [-0.05, 0) is 106 Å². The van der Waals surface area contributed by atoms with Crippen LogP contribution in [-0.4, -0.2) is 97.0 Å². The Hall–Kier alpha value is -2.87. The van der Waals surface area contributed by atoms with Gasteiger partial charge in [0, 0.05) is 6.42 Å². The third kappa shape index (κ3) is 16.1. The summed E-state index contributed by atoms with van der Waals surface area (Å²) in [5, 5.41) is 17.6. The van der Waals surface area contributed by atoms with Crippen LogP contribution in [-0.2, 0) is 35.1 Å². The van der Waals surface area contributed by atoms with Gasteiger partial charge in [-0.25, -0.2) is 0 Å². The lowest BCUT2D eigenvalue weighted by atomic mass is 9.84. The standard InChI is InChI=1S/C35H57N5O7S.ClH/c1-23-18-26(41)19-24(2)27(23)21-28(36)33(44)38-29(15-17-48-5)34(45)37-22-31(42)39-35(46)30(20-25-12-8-6-9-13-25)40(3)16-11-7-10-14-32(43)47-4;/h18-19,25,28-30,41H,6-17,20-22,36H2,1-5H3,(H,37,45)(H,38,44)(H,39,42,46);1H/t28-,29+,30-;/m0./s1. The van der Waals surface area contributed by atoms with Gasteiger partial charge in [0.15, 0.2) is 0 Å². The number of phenolic OH excluding ortho intramolecular Hbond substituents is 1. The van der Waals surface area contributed by atoms with Crippen molar-refractivity contribution in [1.82, 2.24) is 20.9 Å². The number of thioether (sulfide) groups is 1. The van der Waals surface area contributed by atoms with Gasteiger partial charge >= 0.3 is 5.97 Å². The molecule has 3 atom stereocenters. The molecule has 12 nitrogen and oxygen atoms in total. The third-order valence-electron chi connectivity index (χ3n) is 9.11. The summed E-state index contributed by atoms with van der Waals surface area (Å²) in [4.78, 5) is 65.8. The van der Waals surface area contributed by atoms with E-state index in [0.717, 1.165) is 55.2 Å². The number of carbonyl (C=O) groups excluding carboxylic acids is 5. The second-order valence-electron chi connectivity index (χ2n) is 13.0. The number of nitrogens with one attached hydrogen (secondary N) is 3. The summed E-state index contributed by atoms with van der Waals surface area (Å²) in [6, 6.07) is 0.895. The van der Waals surface area contributed by atoms with Crippen LogP contribution in [0.25, 0.3) is 0 Å². The predicted octanol–water partition coefficient (Wildman–Crippen LogP) is 3.30. The highest BCUT2D eigenvalue weighted by atomic mass is 35.5. The molecule has 0 saturated heterocycles. The van der Waals surface area contributed by atoms with Gasteiger partial charge < -0.3 is 26.2 Å². The first-order valence-corrected chi connectivity index (χ1v) is 18.5. The molecule has 0 aromatic heterocycles. The predicted molar refractivity (Wildman–Crippen MR) is 196 cm³/mol. The number of amides is 4. The number of ether oxygens (including phenoxy) is 1. The molecule has 1 aromatic rings. The van der Waals surface area contributed by atoms with E-state index in [1.165, 1.54) is 25.3 Å². The van der Waals surface area contributed by atoms with Crippen LogP contribution in [0.15, 0.2) is 12.1 Å². The number of imide groups is 1. The molecule has 0 unspecified atom stereocenters. The van der Waals surface area contributed by atoms with E-state index in [1.807, 2.05) is 32.1 Å². The molecule has 0 aliphatic heterocycles. The van der Waals surface area contributed by atoms with E-state index in [1.54, 1.807) is 12.1 Å². The van der Waals surface area contributed by atoms with Crippen molar-refractivity contribution in [2.75, 3.05) is 39.3 Å². The van der Waals surface area contributed by atoms with Crippen LogP contribution in [0.4, 0.5) is 0 Å². The van der Waals surface area contributed by atoms with E-state index in [2.05, 4.69) is 16.0 Å². The molecule has 1 aliphatic rings. The van der Waals surface area contributed by atoms with Gasteiger partial charge in [0.2, 0.25) is 23.6 Å². The molecule has 0 radical (unpaired) electrons. The molecule has 49 heavy (non-hydrogen) atoms. The first kappa shape index (κ1) is 44.2. The summed E-state index contributed by atoms with van der Waals surface area (Å²) < 4.78 is 4.70. The Morgan fingerprint density at radius 1 is 1.02 bits per heavy atom. The fourth-order valence-electron chi connectivity index (χ4n) is 6.23. The number of rotatable bonds is 20.